The lowest BCUT2D eigenvalue weighted by molar-refractivity contribution is 0.816. The van der Waals surface area contributed by atoms with Crippen LogP contribution in [0.1, 0.15) is 18.5 Å². The fourth-order valence-electron chi connectivity index (χ4n) is 0.755. The molecule has 62 valence electrons. The second kappa shape index (κ2) is 4.54. The minimum atomic E-state index is -0.0181. The lowest BCUT2D eigenvalue weighted by atomic mass is 10.1. The fourth-order valence-corrected chi connectivity index (χ4v) is 1.05. The third-order valence-corrected chi connectivity index (χ3v) is 1.61. The number of pyridine rings is 1. The number of nitrogens with two attached hydrogens (primary N) is 1. The summed E-state index contributed by atoms with van der Waals surface area (Å²) in [7, 11) is 0. The summed E-state index contributed by atoms with van der Waals surface area (Å²) in [6.07, 6.45) is 3.28. The quantitative estimate of drug-likeness (QED) is 0.742. The number of hydrogen-bond donors (Lipinski definition) is 1. The zero-order valence-electron chi connectivity index (χ0n) is 6.12. The van der Waals surface area contributed by atoms with Gasteiger partial charge in [0.25, 0.3) is 0 Å². The van der Waals surface area contributed by atoms with Gasteiger partial charge in [-0.3, -0.25) is 4.98 Å². The van der Waals surface area contributed by atoms with Crippen LogP contribution in [-0.4, -0.2) is 4.98 Å². The molecule has 1 atom stereocenters. The summed E-state index contributed by atoms with van der Waals surface area (Å²) in [5, 5.41) is 0.637. The van der Waals surface area contributed by atoms with Crippen LogP contribution in [0.15, 0.2) is 18.5 Å². The molecule has 0 aliphatic heterocycles. The normalized spacial score (nSPS) is 11.9. The first-order valence-electron chi connectivity index (χ1n) is 3.07. The third kappa shape index (κ3) is 2.66. The van der Waals surface area contributed by atoms with Gasteiger partial charge in [0.05, 0.1) is 5.02 Å². The SMILES string of the molecule is CC(N)c1ccncc1Cl.Cl. The van der Waals surface area contributed by atoms with E-state index in [-0.39, 0.29) is 18.4 Å². The summed E-state index contributed by atoms with van der Waals surface area (Å²) < 4.78 is 0. The lowest BCUT2D eigenvalue weighted by Crippen LogP contribution is -2.05. The van der Waals surface area contributed by atoms with Crippen molar-refractivity contribution >= 4 is 24.0 Å². The number of aromatic nitrogens is 1. The molecule has 2 nitrogen and oxygen atoms in total. The predicted octanol–water partition coefficient (Wildman–Crippen LogP) is 2.18. The highest BCUT2D eigenvalue weighted by atomic mass is 35.5. The molecule has 0 saturated heterocycles. The molecule has 1 rings (SSSR count). The molecule has 0 radical (unpaired) electrons. The first kappa shape index (κ1) is 10.7. The van der Waals surface area contributed by atoms with Crippen LogP contribution in [-0.2, 0) is 0 Å². The van der Waals surface area contributed by atoms with E-state index < -0.39 is 0 Å². The number of hydrogen-bond acceptors (Lipinski definition) is 2. The van der Waals surface area contributed by atoms with Crippen molar-refractivity contribution in [2.75, 3.05) is 0 Å². The molecular formula is C7H10Cl2N2. The van der Waals surface area contributed by atoms with Crippen molar-refractivity contribution in [3.05, 3.63) is 29.0 Å². The topological polar surface area (TPSA) is 38.9 Å². The number of halogens is 2. The molecule has 0 aromatic carbocycles. The molecule has 1 heterocycles. The minimum absolute atomic E-state index is 0. The van der Waals surface area contributed by atoms with Crippen LogP contribution in [0.2, 0.25) is 5.02 Å². The molecule has 0 fully saturated rings. The van der Waals surface area contributed by atoms with Crippen molar-refractivity contribution in [2.24, 2.45) is 5.73 Å². The lowest BCUT2D eigenvalue weighted by Gasteiger charge is -2.05. The van der Waals surface area contributed by atoms with Gasteiger partial charge in [-0.2, -0.15) is 0 Å². The average Bonchev–Trinajstić information content (AvgIpc) is 1.88. The Labute approximate surface area is 77.2 Å². The van der Waals surface area contributed by atoms with E-state index in [2.05, 4.69) is 4.98 Å². The van der Waals surface area contributed by atoms with Gasteiger partial charge in [0, 0.05) is 18.4 Å². The van der Waals surface area contributed by atoms with Gasteiger partial charge in [-0.25, -0.2) is 0 Å². The molecule has 0 spiro atoms. The Morgan fingerprint density at radius 3 is 2.64 bits per heavy atom. The molecule has 1 aromatic heterocycles. The highest BCUT2D eigenvalue weighted by Crippen LogP contribution is 2.18. The fraction of sp³-hybridized carbons (Fsp3) is 0.286. The monoisotopic (exact) mass is 192 g/mol. The maximum Gasteiger partial charge on any atom is 0.0636 e. The largest absolute Gasteiger partial charge is 0.324 e. The molecular weight excluding hydrogens is 183 g/mol. The van der Waals surface area contributed by atoms with E-state index in [0.717, 1.165) is 5.56 Å². The molecule has 0 aliphatic carbocycles. The van der Waals surface area contributed by atoms with E-state index in [1.807, 2.05) is 13.0 Å². The predicted molar refractivity (Wildman–Crippen MR) is 49.1 cm³/mol. The summed E-state index contributed by atoms with van der Waals surface area (Å²) in [5.41, 5.74) is 6.54. The molecule has 0 amide bonds. The summed E-state index contributed by atoms with van der Waals surface area (Å²) in [5.74, 6) is 0. The van der Waals surface area contributed by atoms with Crippen LogP contribution in [0.5, 0.6) is 0 Å². The van der Waals surface area contributed by atoms with Crippen LogP contribution >= 0.6 is 24.0 Å². The van der Waals surface area contributed by atoms with E-state index in [4.69, 9.17) is 17.3 Å². The summed E-state index contributed by atoms with van der Waals surface area (Å²) >= 11 is 5.78. The van der Waals surface area contributed by atoms with Gasteiger partial charge in [0.2, 0.25) is 0 Å². The van der Waals surface area contributed by atoms with Crippen molar-refractivity contribution in [1.82, 2.24) is 4.98 Å². The van der Waals surface area contributed by atoms with Crippen LogP contribution in [0.3, 0.4) is 0 Å². The molecule has 2 N–H and O–H groups in total. The van der Waals surface area contributed by atoms with Crippen molar-refractivity contribution < 1.29 is 0 Å². The highest BCUT2D eigenvalue weighted by molar-refractivity contribution is 6.31. The van der Waals surface area contributed by atoms with Crippen LogP contribution < -0.4 is 5.73 Å². The molecule has 11 heavy (non-hydrogen) atoms. The van der Waals surface area contributed by atoms with E-state index in [9.17, 15) is 0 Å². The third-order valence-electron chi connectivity index (χ3n) is 1.29. The summed E-state index contributed by atoms with van der Waals surface area (Å²) in [4.78, 5) is 3.84. The van der Waals surface area contributed by atoms with Gasteiger partial charge in [-0.15, -0.1) is 12.4 Å². The van der Waals surface area contributed by atoms with Gasteiger partial charge in [0.1, 0.15) is 0 Å². The van der Waals surface area contributed by atoms with Gasteiger partial charge in [-0.1, -0.05) is 11.6 Å². The standard InChI is InChI=1S/C7H9ClN2.ClH/c1-5(9)6-2-3-10-4-7(6)8;/h2-5H,9H2,1H3;1H. The van der Waals surface area contributed by atoms with Gasteiger partial charge < -0.3 is 5.73 Å². The number of rotatable bonds is 1. The van der Waals surface area contributed by atoms with Crippen molar-refractivity contribution in [2.45, 2.75) is 13.0 Å². The Morgan fingerprint density at radius 2 is 2.27 bits per heavy atom. The van der Waals surface area contributed by atoms with Crippen LogP contribution in [0.4, 0.5) is 0 Å². The van der Waals surface area contributed by atoms with Crippen molar-refractivity contribution in [3.8, 4) is 0 Å². The van der Waals surface area contributed by atoms with E-state index in [1.165, 1.54) is 0 Å². The second-order valence-corrected chi connectivity index (χ2v) is 2.59. The van der Waals surface area contributed by atoms with E-state index >= 15 is 0 Å². The Kier molecular flexibility index (Phi) is 4.42. The van der Waals surface area contributed by atoms with E-state index in [0.29, 0.717) is 5.02 Å². The van der Waals surface area contributed by atoms with Gasteiger partial charge in [-0.05, 0) is 18.6 Å². The Balaban J connectivity index is 0.000001000. The first-order valence-corrected chi connectivity index (χ1v) is 3.44. The van der Waals surface area contributed by atoms with Crippen LogP contribution in [0.25, 0.3) is 0 Å². The molecule has 0 aliphatic rings. The molecule has 1 aromatic rings. The number of nitrogens with zero attached hydrogens (tertiary/aromatic N) is 1. The average molecular weight is 193 g/mol. The maximum atomic E-state index is 5.78. The van der Waals surface area contributed by atoms with Crippen LogP contribution in [0, 0.1) is 0 Å². The van der Waals surface area contributed by atoms with Gasteiger partial charge in [0.15, 0.2) is 0 Å². The highest BCUT2D eigenvalue weighted by Gasteiger charge is 2.02. The Hall–Kier alpha value is -0.310. The summed E-state index contributed by atoms with van der Waals surface area (Å²) in [6, 6.07) is 1.81. The Bertz CT molecular complexity index is 225. The smallest absolute Gasteiger partial charge is 0.0636 e. The van der Waals surface area contributed by atoms with Gasteiger partial charge >= 0.3 is 0 Å². The second-order valence-electron chi connectivity index (χ2n) is 2.19. The maximum absolute atomic E-state index is 5.78. The minimum Gasteiger partial charge on any atom is -0.324 e. The molecule has 0 bridgehead atoms. The molecule has 4 heteroatoms. The van der Waals surface area contributed by atoms with Crippen molar-refractivity contribution in [1.29, 1.82) is 0 Å². The zero-order valence-corrected chi connectivity index (χ0v) is 7.69. The van der Waals surface area contributed by atoms with E-state index in [1.54, 1.807) is 12.4 Å². The van der Waals surface area contributed by atoms with Crippen molar-refractivity contribution in [3.63, 3.8) is 0 Å². The molecule has 1 unspecified atom stereocenters. The zero-order chi connectivity index (χ0) is 7.56. The Morgan fingerprint density at radius 1 is 1.64 bits per heavy atom. The first-order chi connectivity index (χ1) is 4.72. The summed E-state index contributed by atoms with van der Waals surface area (Å²) in [6.45, 7) is 1.89. The molecule has 0 saturated carbocycles.